The van der Waals surface area contributed by atoms with E-state index in [1.165, 1.54) is 11.3 Å². The molecule has 0 radical (unpaired) electrons. The zero-order valence-corrected chi connectivity index (χ0v) is 8.28. The second-order valence-electron chi connectivity index (χ2n) is 2.70. The van der Waals surface area contributed by atoms with Crippen LogP contribution >= 0.6 is 11.3 Å². The average Bonchev–Trinajstić information content (AvgIpc) is 2.52. The van der Waals surface area contributed by atoms with Crippen LogP contribution in [0.5, 0.6) is 0 Å². The van der Waals surface area contributed by atoms with Gasteiger partial charge in [0.15, 0.2) is 0 Å². The average molecular weight is 193 g/mol. The third-order valence-electron chi connectivity index (χ3n) is 1.51. The molecule has 0 atom stereocenters. The Labute approximate surface area is 82.0 Å². The molecule has 0 aliphatic rings. The van der Waals surface area contributed by atoms with Gasteiger partial charge in [-0.25, -0.2) is 0 Å². The number of thiophene rings is 1. The monoisotopic (exact) mass is 193 g/mol. The SMILES string of the molecule is C#CCCNC(=O)c1cc(C)cs1. The summed E-state index contributed by atoms with van der Waals surface area (Å²) in [6.07, 6.45) is 5.64. The third kappa shape index (κ3) is 2.92. The molecule has 1 rings (SSSR count). The predicted octanol–water partition coefficient (Wildman–Crippen LogP) is 1.81. The molecular formula is C10H11NOS. The van der Waals surface area contributed by atoms with E-state index in [4.69, 9.17) is 6.42 Å². The van der Waals surface area contributed by atoms with Crippen molar-refractivity contribution in [3.05, 3.63) is 21.9 Å². The normalized spacial score (nSPS) is 9.23. The summed E-state index contributed by atoms with van der Waals surface area (Å²) in [5.41, 5.74) is 1.12. The quantitative estimate of drug-likeness (QED) is 0.575. The summed E-state index contributed by atoms with van der Waals surface area (Å²) in [6.45, 7) is 2.51. The Hall–Kier alpha value is -1.27. The fourth-order valence-corrected chi connectivity index (χ4v) is 1.70. The molecule has 13 heavy (non-hydrogen) atoms. The number of carbonyl (C=O) groups is 1. The first kappa shape index (κ1) is 9.82. The van der Waals surface area contributed by atoms with Crippen LogP contribution in [0.2, 0.25) is 0 Å². The molecule has 0 bridgehead atoms. The number of aryl methyl sites for hydroxylation is 1. The topological polar surface area (TPSA) is 29.1 Å². The molecule has 1 amide bonds. The lowest BCUT2D eigenvalue weighted by molar-refractivity contribution is 0.0958. The van der Waals surface area contributed by atoms with E-state index >= 15 is 0 Å². The highest BCUT2D eigenvalue weighted by atomic mass is 32.1. The predicted molar refractivity (Wildman–Crippen MR) is 54.8 cm³/mol. The molecule has 0 unspecified atom stereocenters. The molecule has 0 spiro atoms. The van der Waals surface area contributed by atoms with Crippen LogP contribution in [0.3, 0.4) is 0 Å². The first-order valence-corrected chi connectivity index (χ1v) is 4.89. The molecule has 1 heterocycles. The van der Waals surface area contributed by atoms with Crippen molar-refractivity contribution in [1.29, 1.82) is 0 Å². The van der Waals surface area contributed by atoms with Crippen molar-refractivity contribution in [2.75, 3.05) is 6.54 Å². The lowest BCUT2D eigenvalue weighted by Crippen LogP contribution is -2.23. The maximum absolute atomic E-state index is 11.4. The van der Waals surface area contributed by atoms with Crippen LogP contribution in [0.4, 0.5) is 0 Å². The van der Waals surface area contributed by atoms with E-state index in [2.05, 4.69) is 11.2 Å². The van der Waals surface area contributed by atoms with Crippen LogP contribution in [-0.2, 0) is 0 Å². The Morgan fingerprint density at radius 1 is 1.77 bits per heavy atom. The lowest BCUT2D eigenvalue weighted by Gasteiger charge is -1.98. The highest BCUT2D eigenvalue weighted by molar-refractivity contribution is 7.12. The van der Waals surface area contributed by atoms with Crippen molar-refractivity contribution >= 4 is 17.2 Å². The fourth-order valence-electron chi connectivity index (χ4n) is 0.886. The van der Waals surface area contributed by atoms with Gasteiger partial charge in [-0.15, -0.1) is 23.7 Å². The molecule has 2 nitrogen and oxygen atoms in total. The summed E-state index contributed by atoms with van der Waals surface area (Å²) in [5, 5.41) is 4.70. The second-order valence-corrected chi connectivity index (χ2v) is 3.61. The van der Waals surface area contributed by atoms with E-state index in [9.17, 15) is 4.79 Å². The molecule has 68 valence electrons. The Morgan fingerprint density at radius 3 is 3.08 bits per heavy atom. The largest absolute Gasteiger partial charge is 0.350 e. The molecule has 0 aromatic carbocycles. The van der Waals surface area contributed by atoms with Crippen LogP contribution in [0.1, 0.15) is 21.7 Å². The van der Waals surface area contributed by atoms with Gasteiger partial charge in [0, 0.05) is 13.0 Å². The van der Waals surface area contributed by atoms with Crippen molar-refractivity contribution in [3.63, 3.8) is 0 Å². The maximum Gasteiger partial charge on any atom is 0.261 e. The van der Waals surface area contributed by atoms with Gasteiger partial charge in [0.25, 0.3) is 5.91 Å². The van der Waals surface area contributed by atoms with Crippen LogP contribution < -0.4 is 5.32 Å². The Morgan fingerprint density at radius 2 is 2.54 bits per heavy atom. The molecule has 3 heteroatoms. The Kier molecular flexibility index (Phi) is 3.53. The first-order chi connectivity index (χ1) is 6.24. The van der Waals surface area contributed by atoms with Crippen molar-refractivity contribution in [2.24, 2.45) is 0 Å². The van der Waals surface area contributed by atoms with Crippen LogP contribution in [0, 0.1) is 19.3 Å². The summed E-state index contributed by atoms with van der Waals surface area (Å²) in [6, 6.07) is 1.87. The van der Waals surface area contributed by atoms with Crippen molar-refractivity contribution in [2.45, 2.75) is 13.3 Å². The Balaban J connectivity index is 2.45. The van der Waals surface area contributed by atoms with Gasteiger partial charge in [-0.3, -0.25) is 4.79 Å². The van der Waals surface area contributed by atoms with E-state index in [0.717, 1.165) is 10.4 Å². The minimum absolute atomic E-state index is 0.0339. The minimum atomic E-state index is -0.0339. The molecular weight excluding hydrogens is 182 g/mol. The summed E-state index contributed by atoms with van der Waals surface area (Å²) in [7, 11) is 0. The van der Waals surface area contributed by atoms with Crippen LogP contribution in [-0.4, -0.2) is 12.5 Å². The highest BCUT2D eigenvalue weighted by Gasteiger charge is 2.05. The van der Waals surface area contributed by atoms with Gasteiger partial charge in [0.1, 0.15) is 0 Å². The smallest absolute Gasteiger partial charge is 0.261 e. The number of carbonyl (C=O) groups excluding carboxylic acids is 1. The van der Waals surface area contributed by atoms with Gasteiger partial charge < -0.3 is 5.32 Å². The van der Waals surface area contributed by atoms with Gasteiger partial charge in [-0.2, -0.15) is 0 Å². The number of hydrogen-bond acceptors (Lipinski definition) is 2. The highest BCUT2D eigenvalue weighted by Crippen LogP contribution is 2.12. The van der Waals surface area contributed by atoms with Crippen LogP contribution in [0.15, 0.2) is 11.4 Å². The number of nitrogens with one attached hydrogen (secondary N) is 1. The van der Waals surface area contributed by atoms with E-state index in [-0.39, 0.29) is 5.91 Å². The van der Waals surface area contributed by atoms with Crippen LogP contribution in [0.25, 0.3) is 0 Å². The summed E-state index contributed by atoms with van der Waals surface area (Å²) < 4.78 is 0. The molecule has 0 fully saturated rings. The lowest BCUT2D eigenvalue weighted by atomic mass is 10.3. The van der Waals surface area contributed by atoms with Gasteiger partial charge in [-0.05, 0) is 23.9 Å². The van der Waals surface area contributed by atoms with E-state index in [1.54, 1.807) is 0 Å². The molecule has 0 aliphatic carbocycles. The maximum atomic E-state index is 11.4. The van der Waals surface area contributed by atoms with Gasteiger partial charge in [0.05, 0.1) is 4.88 Å². The Bertz CT molecular complexity index is 335. The van der Waals surface area contributed by atoms with Crippen molar-refractivity contribution in [1.82, 2.24) is 5.32 Å². The zero-order valence-electron chi connectivity index (χ0n) is 7.46. The van der Waals surface area contributed by atoms with Gasteiger partial charge in [-0.1, -0.05) is 0 Å². The summed E-state index contributed by atoms with van der Waals surface area (Å²) in [5.74, 6) is 2.43. The standard InChI is InChI=1S/C10H11NOS/c1-3-4-5-11-10(12)9-6-8(2)7-13-9/h1,6-7H,4-5H2,2H3,(H,11,12). The van der Waals surface area contributed by atoms with E-state index in [1.807, 2.05) is 18.4 Å². The fraction of sp³-hybridized carbons (Fsp3) is 0.300. The number of rotatable bonds is 3. The molecule has 1 N–H and O–H groups in total. The molecule has 0 aliphatic heterocycles. The van der Waals surface area contributed by atoms with E-state index in [0.29, 0.717) is 13.0 Å². The zero-order chi connectivity index (χ0) is 9.68. The first-order valence-electron chi connectivity index (χ1n) is 4.01. The second kappa shape index (κ2) is 4.68. The molecule has 0 saturated heterocycles. The van der Waals surface area contributed by atoms with Crippen molar-refractivity contribution in [3.8, 4) is 12.3 Å². The van der Waals surface area contributed by atoms with Crippen molar-refractivity contribution < 1.29 is 4.79 Å². The number of amides is 1. The summed E-state index contributed by atoms with van der Waals surface area (Å²) in [4.78, 5) is 12.1. The third-order valence-corrected chi connectivity index (χ3v) is 2.56. The number of terminal acetylenes is 1. The van der Waals surface area contributed by atoms with Gasteiger partial charge in [0.2, 0.25) is 0 Å². The molecule has 1 aromatic rings. The summed E-state index contributed by atoms with van der Waals surface area (Å²) >= 11 is 1.45. The number of hydrogen-bond donors (Lipinski definition) is 1. The molecule has 1 aromatic heterocycles. The van der Waals surface area contributed by atoms with Gasteiger partial charge >= 0.3 is 0 Å². The van der Waals surface area contributed by atoms with E-state index < -0.39 is 0 Å². The minimum Gasteiger partial charge on any atom is -0.350 e. The molecule has 0 saturated carbocycles.